The number of phenols is 1. The molecule has 1 aromatic heterocycles. The maximum Gasteiger partial charge on any atom is 0.326 e. The Labute approximate surface area is 267 Å². The lowest BCUT2D eigenvalue weighted by molar-refractivity contribution is -0.142. The molecule has 0 bridgehead atoms. The first-order valence-electron chi connectivity index (χ1n) is 15.1. The number of nitrogens with two attached hydrogens (primary N) is 2. The second-order valence-corrected chi connectivity index (χ2v) is 11.7. The van der Waals surface area contributed by atoms with Crippen LogP contribution < -0.4 is 32.7 Å². The number of aromatic nitrogens is 1. The molecule has 14 heteroatoms. The minimum atomic E-state index is -1.27. The van der Waals surface area contributed by atoms with Crippen molar-refractivity contribution in [3.63, 3.8) is 0 Å². The number of hydrogen-bond acceptors (Lipinski definition) is 7. The minimum Gasteiger partial charge on any atom is -0.508 e. The number of aliphatic carboxylic acids is 1. The number of guanidine groups is 1. The van der Waals surface area contributed by atoms with Crippen LogP contribution in [0.2, 0.25) is 0 Å². The molecule has 3 aromatic rings. The Morgan fingerprint density at radius 1 is 0.891 bits per heavy atom. The molecule has 4 atom stereocenters. The summed E-state index contributed by atoms with van der Waals surface area (Å²) in [6.45, 7) is 4.01. The lowest BCUT2D eigenvalue weighted by Crippen LogP contribution is -2.58. The van der Waals surface area contributed by atoms with Crippen molar-refractivity contribution in [2.75, 3.05) is 6.54 Å². The molecule has 0 fully saturated rings. The van der Waals surface area contributed by atoms with E-state index in [1.165, 1.54) is 12.1 Å². The Balaban J connectivity index is 1.75. The molecule has 2 aromatic carbocycles. The average molecular weight is 637 g/mol. The third-order valence-corrected chi connectivity index (χ3v) is 7.40. The van der Waals surface area contributed by atoms with Crippen LogP contribution in [0.5, 0.6) is 5.75 Å². The van der Waals surface area contributed by atoms with E-state index < -0.39 is 47.9 Å². The van der Waals surface area contributed by atoms with E-state index in [9.17, 15) is 29.4 Å². The molecule has 14 nitrogen and oxygen atoms in total. The molecule has 0 spiro atoms. The SMILES string of the molecule is CC(C)C[C@H](NC(=O)[C@@H](N)Cc1c[nH]c2ccccc12)C(=O)N[C@@H](Cc1ccc(O)cc1)C(=O)N[C@@H](CCCNC(=N)N)C(=O)O. The summed E-state index contributed by atoms with van der Waals surface area (Å²) in [5.74, 6) is -3.41. The molecule has 0 unspecified atom stereocenters. The number of H-pyrrole nitrogens is 1. The van der Waals surface area contributed by atoms with Gasteiger partial charge < -0.3 is 47.9 Å². The van der Waals surface area contributed by atoms with Crippen molar-refractivity contribution < 1.29 is 29.4 Å². The standard InChI is InChI=1S/C32H44N8O6/c1-18(2)14-26(39-28(42)23(33)16-20-17-37-24-7-4-3-6-22(20)24)29(43)40-27(15-19-9-11-21(41)12-10-19)30(44)38-25(31(45)46)8-5-13-36-32(34)35/h3-4,6-7,9-12,17-18,23,25-27,37,41H,5,8,13-16,33H2,1-2H3,(H,38,44)(H,39,42)(H,40,43)(H,45,46)(H4,34,35,36)/t23-,25-,26-,27-/m0/s1. The molecule has 3 rings (SSSR count). The molecule has 0 aliphatic rings. The number of benzene rings is 2. The smallest absolute Gasteiger partial charge is 0.326 e. The number of hydrogen-bond donors (Lipinski definition) is 10. The predicted molar refractivity (Wildman–Crippen MR) is 174 cm³/mol. The monoisotopic (exact) mass is 636 g/mol. The zero-order chi connectivity index (χ0) is 33.8. The lowest BCUT2D eigenvalue weighted by atomic mass is 9.99. The first-order chi connectivity index (χ1) is 21.8. The minimum absolute atomic E-state index is 0.00901. The molecule has 1 heterocycles. The zero-order valence-corrected chi connectivity index (χ0v) is 26.0. The number of rotatable bonds is 17. The molecule has 0 aliphatic carbocycles. The average Bonchev–Trinajstić information content (AvgIpc) is 3.40. The van der Waals surface area contributed by atoms with Gasteiger partial charge in [-0.05, 0) is 60.9 Å². The highest BCUT2D eigenvalue weighted by molar-refractivity contribution is 5.94. The van der Waals surface area contributed by atoms with E-state index in [4.69, 9.17) is 16.9 Å². The molecule has 0 radical (unpaired) electrons. The quantitative estimate of drug-likeness (QED) is 0.0572. The molecule has 0 saturated heterocycles. The Morgan fingerprint density at radius 2 is 1.52 bits per heavy atom. The van der Waals surface area contributed by atoms with Crippen LogP contribution in [0.4, 0.5) is 0 Å². The van der Waals surface area contributed by atoms with Crippen LogP contribution >= 0.6 is 0 Å². The molecular weight excluding hydrogens is 592 g/mol. The predicted octanol–water partition coefficient (Wildman–Crippen LogP) is 0.834. The van der Waals surface area contributed by atoms with Gasteiger partial charge in [-0.2, -0.15) is 0 Å². The molecule has 0 saturated carbocycles. The van der Waals surface area contributed by atoms with Crippen LogP contribution in [0, 0.1) is 11.3 Å². The normalized spacial score (nSPS) is 13.7. The highest BCUT2D eigenvalue weighted by atomic mass is 16.4. The third kappa shape index (κ3) is 10.8. The van der Waals surface area contributed by atoms with E-state index in [0.717, 1.165) is 16.5 Å². The van der Waals surface area contributed by atoms with Crippen molar-refractivity contribution in [2.45, 2.75) is 70.1 Å². The van der Waals surface area contributed by atoms with Crippen molar-refractivity contribution in [2.24, 2.45) is 17.4 Å². The number of aromatic hydroxyl groups is 1. The first-order valence-corrected chi connectivity index (χ1v) is 15.1. The van der Waals surface area contributed by atoms with Gasteiger partial charge in [0.05, 0.1) is 6.04 Å². The number of amides is 3. The van der Waals surface area contributed by atoms with Crippen LogP contribution in [-0.4, -0.2) is 75.6 Å². The number of fused-ring (bicyclic) bond motifs is 1. The van der Waals surface area contributed by atoms with Gasteiger partial charge in [0, 0.05) is 30.1 Å². The van der Waals surface area contributed by atoms with Gasteiger partial charge in [-0.1, -0.05) is 44.2 Å². The van der Waals surface area contributed by atoms with Crippen molar-refractivity contribution in [1.29, 1.82) is 5.41 Å². The van der Waals surface area contributed by atoms with Gasteiger partial charge in [0.2, 0.25) is 17.7 Å². The first kappa shape index (κ1) is 35.4. The Morgan fingerprint density at radius 3 is 2.17 bits per heavy atom. The fourth-order valence-electron chi connectivity index (χ4n) is 5.02. The highest BCUT2D eigenvalue weighted by Crippen LogP contribution is 2.19. The Bertz CT molecular complexity index is 1510. The van der Waals surface area contributed by atoms with Gasteiger partial charge in [-0.25, -0.2) is 4.79 Å². The van der Waals surface area contributed by atoms with Gasteiger partial charge in [-0.15, -0.1) is 0 Å². The van der Waals surface area contributed by atoms with Gasteiger partial charge in [0.25, 0.3) is 0 Å². The largest absolute Gasteiger partial charge is 0.508 e. The number of aromatic amines is 1. The van der Waals surface area contributed by atoms with Crippen LogP contribution in [0.15, 0.2) is 54.7 Å². The molecule has 46 heavy (non-hydrogen) atoms. The van der Waals surface area contributed by atoms with Crippen LogP contribution in [-0.2, 0) is 32.0 Å². The van der Waals surface area contributed by atoms with E-state index >= 15 is 0 Å². The molecule has 3 amide bonds. The molecular formula is C32H44N8O6. The van der Waals surface area contributed by atoms with Gasteiger partial charge in [-0.3, -0.25) is 19.8 Å². The van der Waals surface area contributed by atoms with E-state index in [1.54, 1.807) is 18.3 Å². The maximum absolute atomic E-state index is 13.6. The van der Waals surface area contributed by atoms with Crippen molar-refractivity contribution in [3.05, 3.63) is 65.9 Å². The second kappa shape index (κ2) is 16.8. The number of carboxylic acid groups (broad SMARTS) is 1. The summed E-state index contributed by atoms with van der Waals surface area (Å²) in [4.78, 5) is 55.4. The van der Waals surface area contributed by atoms with Crippen molar-refractivity contribution in [1.82, 2.24) is 26.3 Å². The summed E-state index contributed by atoms with van der Waals surface area (Å²) in [6.07, 6.45) is 2.61. The molecule has 0 aliphatic heterocycles. The number of carbonyl (C=O) groups is 4. The number of nitrogens with one attached hydrogen (secondary N) is 6. The topological polar surface area (TPSA) is 249 Å². The second-order valence-electron chi connectivity index (χ2n) is 11.7. The van der Waals surface area contributed by atoms with Gasteiger partial charge in [0.15, 0.2) is 5.96 Å². The van der Waals surface area contributed by atoms with E-state index in [-0.39, 0.29) is 49.9 Å². The highest BCUT2D eigenvalue weighted by Gasteiger charge is 2.31. The van der Waals surface area contributed by atoms with E-state index in [1.807, 2.05) is 38.1 Å². The summed E-state index contributed by atoms with van der Waals surface area (Å²) >= 11 is 0. The number of phenolic OH excluding ortho intramolecular Hbond substituents is 1. The zero-order valence-electron chi connectivity index (χ0n) is 26.0. The number of carboxylic acids is 1. The van der Waals surface area contributed by atoms with E-state index in [0.29, 0.717) is 12.0 Å². The van der Waals surface area contributed by atoms with Gasteiger partial charge >= 0.3 is 5.97 Å². The number of para-hydroxylation sites is 1. The van der Waals surface area contributed by atoms with Gasteiger partial charge in [0.1, 0.15) is 23.9 Å². The Kier molecular flexibility index (Phi) is 12.9. The van der Waals surface area contributed by atoms with Crippen LogP contribution in [0.25, 0.3) is 10.9 Å². The van der Waals surface area contributed by atoms with Crippen LogP contribution in [0.3, 0.4) is 0 Å². The lowest BCUT2D eigenvalue weighted by Gasteiger charge is -2.26. The molecule has 12 N–H and O–H groups in total. The third-order valence-electron chi connectivity index (χ3n) is 7.40. The fraction of sp³-hybridized carbons (Fsp3) is 0.406. The fourth-order valence-corrected chi connectivity index (χ4v) is 5.02. The Hall–Kier alpha value is -5.11. The summed E-state index contributed by atoms with van der Waals surface area (Å²) < 4.78 is 0. The van der Waals surface area contributed by atoms with Crippen LogP contribution in [0.1, 0.15) is 44.2 Å². The number of carbonyl (C=O) groups excluding carboxylic acids is 3. The summed E-state index contributed by atoms with van der Waals surface area (Å²) in [5.41, 5.74) is 13.9. The summed E-state index contributed by atoms with van der Waals surface area (Å²) in [5, 5.41) is 38.1. The van der Waals surface area contributed by atoms with Crippen molar-refractivity contribution in [3.8, 4) is 5.75 Å². The van der Waals surface area contributed by atoms with Crippen molar-refractivity contribution >= 4 is 40.6 Å². The maximum atomic E-state index is 13.6. The summed E-state index contributed by atoms with van der Waals surface area (Å²) in [7, 11) is 0. The molecule has 248 valence electrons. The summed E-state index contributed by atoms with van der Waals surface area (Å²) in [6, 6.07) is 9.23. The van der Waals surface area contributed by atoms with E-state index in [2.05, 4.69) is 26.3 Å².